The van der Waals surface area contributed by atoms with E-state index in [2.05, 4.69) is 5.16 Å². The summed E-state index contributed by atoms with van der Waals surface area (Å²) in [7, 11) is 3.79. The number of carbonyl (C=O) groups excluding carboxylic acids is 3. The molecule has 0 radical (unpaired) electrons. The summed E-state index contributed by atoms with van der Waals surface area (Å²) in [6.45, 7) is 14.1. The van der Waals surface area contributed by atoms with Gasteiger partial charge in [0.15, 0.2) is 18.2 Å². The second-order valence-corrected chi connectivity index (χ2v) is 15.6. The van der Waals surface area contributed by atoms with Crippen LogP contribution in [0.25, 0.3) is 0 Å². The van der Waals surface area contributed by atoms with Crippen LogP contribution in [0.5, 0.6) is 0 Å². The molecule has 296 valence electrons. The molecule has 0 amide bonds. The van der Waals surface area contributed by atoms with Crippen LogP contribution >= 0.6 is 0 Å². The van der Waals surface area contributed by atoms with E-state index in [1.165, 1.54) is 13.8 Å². The molecule has 1 unspecified atom stereocenters. The molecule has 13 heteroatoms. The van der Waals surface area contributed by atoms with E-state index in [1.54, 1.807) is 57.2 Å². The third-order valence-electron chi connectivity index (χ3n) is 11.2. The number of nitrogens with zero attached hydrogens (tertiary/aromatic N) is 2. The zero-order valence-corrected chi connectivity index (χ0v) is 32.9. The van der Waals surface area contributed by atoms with Crippen molar-refractivity contribution in [3.63, 3.8) is 0 Å². The number of esters is 2. The van der Waals surface area contributed by atoms with Crippen LogP contribution in [0, 0.1) is 23.7 Å². The molecule has 2 N–H and O–H groups in total. The van der Waals surface area contributed by atoms with Crippen molar-refractivity contribution in [3.05, 3.63) is 48.0 Å². The van der Waals surface area contributed by atoms with Gasteiger partial charge in [0.25, 0.3) is 0 Å². The van der Waals surface area contributed by atoms with Crippen LogP contribution in [0.15, 0.2) is 47.6 Å². The molecule has 2 saturated heterocycles. The van der Waals surface area contributed by atoms with Crippen molar-refractivity contribution in [3.8, 4) is 0 Å². The van der Waals surface area contributed by atoms with Gasteiger partial charge >= 0.3 is 11.9 Å². The monoisotopic (exact) mass is 744 g/mol. The zero-order valence-electron chi connectivity index (χ0n) is 32.9. The van der Waals surface area contributed by atoms with E-state index in [0.717, 1.165) is 0 Å². The second kappa shape index (κ2) is 18.0. The number of fused-ring (bicyclic) bond motifs is 5. The van der Waals surface area contributed by atoms with Crippen molar-refractivity contribution in [2.75, 3.05) is 27.3 Å². The lowest BCUT2D eigenvalue weighted by Gasteiger charge is -2.48. The molecule has 3 aliphatic rings. The molecule has 3 heterocycles. The van der Waals surface area contributed by atoms with Crippen molar-refractivity contribution in [1.29, 1.82) is 0 Å². The van der Waals surface area contributed by atoms with E-state index in [0.29, 0.717) is 17.7 Å². The van der Waals surface area contributed by atoms with E-state index in [9.17, 15) is 24.7 Å². The quantitative estimate of drug-likeness (QED) is 0.135. The highest BCUT2D eigenvalue weighted by Gasteiger charge is 2.53. The fourth-order valence-corrected chi connectivity index (χ4v) is 8.28. The van der Waals surface area contributed by atoms with Crippen LogP contribution in [0.3, 0.4) is 0 Å². The summed E-state index contributed by atoms with van der Waals surface area (Å²) < 4.78 is 38.4. The lowest BCUT2D eigenvalue weighted by molar-refractivity contribution is -0.295. The topological polar surface area (TPSA) is 163 Å². The number of Topliss-reactive ketones (excluding diaryl/α,β-unsaturated/α-hetero) is 1. The predicted molar refractivity (Wildman–Crippen MR) is 196 cm³/mol. The van der Waals surface area contributed by atoms with Crippen molar-refractivity contribution in [1.82, 2.24) is 4.90 Å². The van der Waals surface area contributed by atoms with Crippen LogP contribution in [0.1, 0.15) is 85.0 Å². The number of rotatable bonds is 6. The third kappa shape index (κ3) is 9.55. The molecule has 0 aromatic heterocycles. The van der Waals surface area contributed by atoms with E-state index in [-0.39, 0.29) is 38.2 Å². The Balaban J connectivity index is 1.88. The highest BCUT2D eigenvalue weighted by Crippen LogP contribution is 2.40. The first kappa shape index (κ1) is 42.5. The van der Waals surface area contributed by atoms with Gasteiger partial charge in [0.2, 0.25) is 0 Å². The Morgan fingerprint density at radius 3 is 2.30 bits per heavy atom. The molecule has 2 bridgehead atoms. The van der Waals surface area contributed by atoms with Crippen LogP contribution in [0.4, 0.5) is 0 Å². The number of ether oxygens (including phenoxy) is 6. The molecular formula is C40H60N2O11. The van der Waals surface area contributed by atoms with Crippen molar-refractivity contribution >= 4 is 23.4 Å². The molecule has 1 aromatic rings. The Kier molecular flexibility index (Phi) is 14.4. The SMILES string of the molecule is CC[C@H]1OC(=O)C(C)C(=O)[C@@H](C)[C@@H](O[C@@H]2O[C@H](C)C[C@H](N(C)C)[C@H]2OC(=O)c2ccccc2)[C@]2(C)C[C@@H](C)/C(=N\O)[C@H](C)[C@@H](OC/C=C/CO2)[C@]1(C)O. The minimum atomic E-state index is -1.73. The van der Waals surface area contributed by atoms with E-state index in [4.69, 9.17) is 28.4 Å². The molecule has 3 aliphatic heterocycles. The Hall–Kier alpha value is -3.20. The first-order valence-corrected chi connectivity index (χ1v) is 18.8. The lowest BCUT2D eigenvalue weighted by atomic mass is 9.73. The van der Waals surface area contributed by atoms with Crippen LogP contribution < -0.4 is 0 Å². The summed E-state index contributed by atoms with van der Waals surface area (Å²) in [5.41, 5.74) is -2.32. The smallest absolute Gasteiger partial charge is 0.338 e. The summed E-state index contributed by atoms with van der Waals surface area (Å²) in [4.78, 5) is 43.7. The second-order valence-electron chi connectivity index (χ2n) is 15.6. The summed E-state index contributed by atoms with van der Waals surface area (Å²) in [5, 5.41) is 26.3. The van der Waals surface area contributed by atoms with Gasteiger partial charge in [-0.15, -0.1) is 0 Å². The van der Waals surface area contributed by atoms with Gasteiger partial charge in [-0.1, -0.05) is 63.2 Å². The number of hydrogen-bond donors (Lipinski definition) is 2. The molecule has 2 fully saturated rings. The highest BCUT2D eigenvalue weighted by molar-refractivity contribution is 6.00. The Morgan fingerprint density at radius 1 is 1.02 bits per heavy atom. The van der Waals surface area contributed by atoms with E-state index >= 15 is 0 Å². The minimum absolute atomic E-state index is 0.0854. The van der Waals surface area contributed by atoms with Gasteiger partial charge in [0.05, 0.1) is 54.4 Å². The molecular weight excluding hydrogens is 684 g/mol. The van der Waals surface area contributed by atoms with E-state index < -0.39 is 83.3 Å². The van der Waals surface area contributed by atoms with Crippen molar-refractivity contribution in [2.24, 2.45) is 28.8 Å². The number of carbonyl (C=O) groups is 3. The predicted octanol–water partition coefficient (Wildman–Crippen LogP) is 4.81. The van der Waals surface area contributed by atoms with Crippen molar-refractivity contribution in [2.45, 2.75) is 129 Å². The van der Waals surface area contributed by atoms with Gasteiger partial charge in [-0.2, -0.15) is 0 Å². The van der Waals surface area contributed by atoms with Gasteiger partial charge in [-0.25, -0.2) is 4.79 Å². The molecule has 13 atom stereocenters. The van der Waals surface area contributed by atoms with Crippen LogP contribution in [-0.4, -0.2) is 120 Å². The van der Waals surface area contributed by atoms with Crippen LogP contribution in [-0.2, 0) is 38.0 Å². The van der Waals surface area contributed by atoms with Gasteiger partial charge in [0.1, 0.15) is 17.6 Å². The van der Waals surface area contributed by atoms with Crippen molar-refractivity contribution < 1.29 is 53.1 Å². The number of cyclic esters (lactones) is 1. The maximum atomic E-state index is 14.4. The summed E-state index contributed by atoms with van der Waals surface area (Å²) in [6, 6.07) is 8.34. The third-order valence-corrected chi connectivity index (χ3v) is 11.2. The molecule has 0 spiro atoms. The fraction of sp³-hybridized carbons (Fsp3) is 0.700. The number of aliphatic hydroxyl groups is 1. The zero-order chi connectivity index (χ0) is 39.2. The number of hydrogen-bond acceptors (Lipinski definition) is 13. The fourth-order valence-electron chi connectivity index (χ4n) is 8.28. The van der Waals surface area contributed by atoms with Gasteiger partial charge in [-0.05, 0) is 73.2 Å². The van der Waals surface area contributed by atoms with Gasteiger partial charge in [0, 0.05) is 17.8 Å². The summed E-state index contributed by atoms with van der Waals surface area (Å²) in [6.07, 6.45) is -0.961. The standard InChI is InChI=1S/C40H60N2O11/c1-11-30-40(8,46)35-25(4)31(41-47)23(2)22-39(7,49-20-16-15-19-48-35)34(26(5)32(43)27(6)36(44)51-30)53-38-33(29(42(9)10)21-24(3)50-38)52-37(45)28-17-13-12-14-18-28/h12-18,23-27,29-30,33-35,38,46-47H,11,19-22H2,1-10H3/b16-15+,41-31+/t23-,24-,25+,26-,27?,29+,30-,33-,34-,35-,38+,39+,40-/m1/s1. The first-order chi connectivity index (χ1) is 25.0. The molecule has 1 aromatic carbocycles. The van der Waals surface area contributed by atoms with Gasteiger partial charge in [-0.3, -0.25) is 9.59 Å². The number of ketones is 1. The number of oxime groups is 1. The molecule has 53 heavy (non-hydrogen) atoms. The number of likely N-dealkylation sites (N-methyl/N-ethyl adjacent to an activating group) is 1. The largest absolute Gasteiger partial charge is 0.459 e. The Morgan fingerprint density at radius 2 is 1.68 bits per heavy atom. The first-order valence-electron chi connectivity index (χ1n) is 18.8. The molecule has 4 rings (SSSR count). The summed E-state index contributed by atoms with van der Waals surface area (Å²) in [5.74, 6) is -5.20. The number of benzene rings is 1. The van der Waals surface area contributed by atoms with Gasteiger partial charge < -0.3 is 43.6 Å². The van der Waals surface area contributed by atoms with Crippen LogP contribution in [0.2, 0.25) is 0 Å². The minimum Gasteiger partial charge on any atom is -0.459 e. The maximum Gasteiger partial charge on any atom is 0.338 e. The normalized spacial score (nSPS) is 40.7. The molecule has 0 aliphatic carbocycles. The average molecular weight is 745 g/mol. The molecule has 0 saturated carbocycles. The summed E-state index contributed by atoms with van der Waals surface area (Å²) >= 11 is 0. The maximum absolute atomic E-state index is 14.4. The van der Waals surface area contributed by atoms with E-state index in [1.807, 2.05) is 45.8 Å². The lowest BCUT2D eigenvalue weighted by Crippen LogP contribution is -2.61. The molecule has 13 nitrogen and oxygen atoms in total. The Labute approximate surface area is 313 Å². The Bertz CT molecular complexity index is 1470. The highest BCUT2D eigenvalue weighted by atomic mass is 16.7. The average Bonchev–Trinajstić information content (AvgIpc) is 3.11.